The molecule has 5 atom stereocenters. The zero-order valence-electron chi connectivity index (χ0n) is 62.8. The summed E-state index contributed by atoms with van der Waals surface area (Å²) in [5, 5.41) is 26.6. The maximum Gasteiger partial charge on any atom is 0.416 e. The minimum absolute atomic E-state index is 0.00556. The molecule has 570 valence electrons. The summed E-state index contributed by atoms with van der Waals surface area (Å²) < 4.78 is 37.3. The Morgan fingerprint density at radius 2 is 1.37 bits per heavy atom. The highest BCUT2D eigenvalue weighted by atomic mass is 16.6. The van der Waals surface area contributed by atoms with E-state index in [1.54, 1.807) is 68.0 Å². The number of aromatic nitrogens is 3. The number of aryl methyl sites for hydroxylation is 1. The van der Waals surface area contributed by atoms with E-state index >= 15 is 0 Å². The summed E-state index contributed by atoms with van der Waals surface area (Å²) in [7, 11) is 4.61. The third-order valence-electron chi connectivity index (χ3n) is 21.8. The van der Waals surface area contributed by atoms with Crippen molar-refractivity contribution in [2.75, 3.05) is 57.4 Å². The van der Waals surface area contributed by atoms with Crippen LogP contribution < -0.4 is 44.1 Å². The van der Waals surface area contributed by atoms with Gasteiger partial charge in [-0.05, 0) is 140 Å². The molecule has 1 unspecified atom stereocenters. The van der Waals surface area contributed by atoms with Crippen LogP contribution in [-0.4, -0.2) is 155 Å². The Labute approximate surface area is 633 Å². The Morgan fingerprint density at radius 3 is 2.06 bits per heavy atom. The van der Waals surface area contributed by atoms with Crippen molar-refractivity contribution in [1.82, 2.24) is 35.4 Å². The van der Waals surface area contributed by atoms with Crippen molar-refractivity contribution in [3.05, 3.63) is 166 Å². The van der Waals surface area contributed by atoms with E-state index in [9.17, 15) is 48.3 Å². The van der Waals surface area contributed by atoms with Crippen LogP contribution in [0.2, 0.25) is 0 Å². The highest BCUT2D eigenvalue weighted by molar-refractivity contribution is 6.07. The molecule has 13 rings (SSSR count). The van der Waals surface area contributed by atoms with E-state index < -0.39 is 47.9 Å². The van der Waals surface area contributed by atoms with Crippen molar-refractivity contribution in [3.8, 4) is 51.3 Å². The number of rotatable bonds is 29. The first kappa shape index (κ1) is 76.0. The van der Waals surface area contributed by atoms with Gasteiger partial charge in [0.1, 0.15) is 23.8 Å². The van der Waals surface area contributed by atoms with Crippen molar-refractivity contribution >= 4 is 69.9 Å². The van der Waals surface area contributed by atoms with Crippen LogP contribution in [0.4, 0.5) is 16.2 Å². The topological polar surface area (TPSA) is 297 Å². The Balaban J connectivity index is 0.569. The summed E-state index contributed by atoms with van der Waals surface area (Å²) in [6, 6.07) is 35.0. The zero-order chi connectivity index (χ0) is 76.9. The molecular weight excluding hydrogens is 1390 g/mol. The molecular formula is C84H93N9O16. The second-order valence-corrected chi connectivity index (χ2v) is 29.8. The molecule has 1 aliphatic carbocycles. The fraction of sp³-hybridized carbons (Fsp3) is 0.417. The zero-order valence-corrected chi connectivity index (χ0v) is 62.8. The lowest BCUT2D eigenvalue weighted by Gasteiger charge is -2.31. The minimum Gasteiger partial charge on any atom is -0.497 e. The minimum atomic E-state index is -1.48. The highest BCUT2D eigenvalue weighted by Gasteiger charge is 2.58. The van der Waals surface area contributed by atoms with E-state index in [0.29, 0.717) is 65.4 Å². The number of aliphatic hydroxyl groups excluding tert-OH is 1. The maximum absolute atomic E-state index is 14.5. The lowest BCUT2D eigenvalue weighted by atomic mass is 9.89. The Hall–Kier alpha value is -11.2. The molecule has 109 heavy (non-hydrogen) atoms. The number of benzene rings is 6. The number of Topliss-reactive ketones (excluding diaryl/α,β-unsaturated/α-hetero) is 3. The van der Waals surface area contributed by atoms with Crippen LogP contribution in [0.5, 0.6) is 28.7 Å². The SMILES string of the molecule is COc1ccc(C2=CN3C(=O)c4cc(OC)c(OCCCOc5cc6c(cc5OC)C(=O)N5CC7(CC7)C[C@H]5C(O)N6C(=O)OCc5ccc(CC(=O)[C@H](C)NC(=O)[C@@H](CC(=O)CNC(=O)CCC(=O)CCC(=O)N6Cc7ccccc7-c7c(nnn7C(C)C)-c7ccccc76)C(C)C)cc5)cc4CC[C@@H]3C2)cc1. The van der Waals surface area contributed by atoms with E-state index in [4.69, 9.17) is 28.4 Å². The second-order valence-electron chi connectivity index (χ2n) is 29.8. The quantitative estimate of drug-likeness (QED) is 0.0367. The van der Waals surface area contributed by atoms with Crippen molar-refractivity contribution in [3.63, 3.8) is 0 Å². The molecule has 2 fully saturated rings. The van der Waals surface area contributed by atoms with Crippen LogP contribution in [0.25, 0.3) is 28.1 Å². The number of hydrogen-bond acceptors (Lipinski definition) is 18. The van der Waals surface area contributed by atoms with Gasteiger partial charge in [0.05, 0.1) is 82.3 Å². The first-order valence-corrected chi connectivity index (χ1v) is 37.5. The lowest BCUT2D eigenvalue weighted by Crippen LogP contribution is -2.50. The van der Waals surface area contributed by atoms with Crippen molar-refractivity contribution in [2.24, 2.45) is 17.3 Å². The van der Waals surface area contributed by atoms with Crippen molar-refractivity contribution in [1.29, 1.82) is 0 Å². The molecule has 5 aliphatic heterocycles. The largest absolute Gasteiger partial charge is 0.497 e. The number of ketones is 3. The number of nitrogens with one attached hydrogen (secondary N) is 2. The summed E-state index contributed by atoms with van der Waals surface area (Å²) in [5.41, 5.74) is 9.51. The third-order valence-corrected chi connectivity index (χ3v) is 21.8. The van der Waals surface area contributed by atoms with E-state index in [1.165, 1.54) is 26.4 Å². The number of para-hydroxylation sites is 1. The third kappa shape index (κ3) is 16.5. The predicted molar refractivity (Wildman–Crippen MR) is 405 cm³/mol. The molecule has 1 saturated heterocycles. The molecule has 0 radical (unpaired) electrons. The van der Waals surface area contributed by atoms with Crippen LogP contribution in [0.3, 0.4) is 0 Å². The molecule has 6 amide bonds. The number of methoxy groups -OCH3 is 3. The van der Waals surface area contributed by atoms with Crippen LogP contribution in [0.1, 0.15) is 160 Å². The van der Waals surface area contributed by atoms with E-state index in [0.717, 1.165) is 75.4 Å². The molecule has 1 spiro atoms. The van der Waals surface area contributed by atoms with Crippen molar-refractivity contribution < 1.29 is 76.7 Å². The van der Waals surface area contributed by atoms with Gasteiger partial charge in [0, 0.05) is 98.4 Å². The maximum atomic E-state index is 14.5. The van der Waals surface area contributed by atoms with Crippen LogP contribution in [0.15, 0.2) is 128 Å². The molecule has 7 aromatic rings. The fourth-order valence-electron chi connectivity index (χ4n) is 15.4. The molecule has 25 nitrogen and oxygen atoms in total. The van der Waals surface area contributed by atoms with Crippen LogP contribution in [-0.2, 0) is 59.5 Å². The first-order valence-electron chi connectivity index (χ1n) is 37.5. The Kier molecular flexibility index (Phi) is 22.8. The van der Waals surface area contributed by atoms with Gasteiger partial charge in [-0.2, -0.15) is 0 Å². The smallest absolute Gasteiger partial charge is 0.416 e. The van der Waals surface area contributed by atoms with Gasteiger partial charge >= 0.3 is 6.09 Å². The lowest BCUT2D eigenvalue weighted by molar-refractivity contribution is -0.133. The predicted octanol–water partition coefficient (Wildman–Crippen LogP) is 11.4. The summed E-state index contributed by atoms with van der Waals surface area (Å²) in [5.74, 6) is -1.80. The molecule has 1 aromatic heterocycles. The number of carbonyl (C=O) groups excluding carboxylic acids is 9. The van der Waals surface area contributed by atoms with Gasteiger partial charge in [-0.1, -0.05) is 97.9 Å². The highest BCUT2D eigenvalue weighted by Crippen LogP contribution is 2.57. The summed E-state index contributed by atoms with van der Waals surface area (Å²) in [6.45, 7) is 9.60. The number of ether oxygens (including phenoxy) is 6. The molecule has 6 heterocycles. The molecule has 6 aromatic carbocycles. The number of nitrogens with zero attached hydrogens (tertiary/aromatic N) is 7. The van der Waals surface area contributed by atoms with E-state index in [2.05, 4.69) is 20.9 Å². The van der Waals surface area contributed by atoms with Gasteiger partial charge in [0.15, 0.2) is 40.8 Å². The van der Waals surface area contributed by atoms with E-state index in [1.807, 2.05) is 108 Å². The van der Waals surface area contributed by atoms with Gasteiger partial charge in [0.2, 0.25) is 17.7 Å². The van der Waals surface area contributed by atoms with Crippen LogP contribution in [0, 0.1) is 17.3 Å². The standard InChI is InChI=1S/C84H93N9O16/c1-49(2)64(39-60(95)44-85-75(97)30-26-59(94)27-31-76(98)90-45-56-14-9-10-15-62(56)78-77(87-88-93(78)50(3)4)63-16-11-12-17-67(63)90)79(99)86-51(5)70(96)36-52-18-20-53(21-19-52)47-109-83(103)92-68-42-74(72(106-8)41-66(68)81(101)91-48-84(32-33-84)43-69(91)82(92)102)108-35-13-34-107-73-38-55-22-25-58-37-57(54-23-28-61(104-6)29-24-54)46-89(58)80(100)65(55)40-71(73)105-7/h9-12,14-21,23-24,28-29,38,40-42,46,49-51,58,64,69,82,102H,13,22,25-27,30-37,39,43-45,47-48H2,1-8H3,(H,85,97)(H,86,99)/t51-,58+,64-,69-,82?/m0/s1. The van der Waals surface area contributed by atoms with Gasteiger partial charge in [-0.15, -0.1) is 5.10 Å². The Bertz CT molecular complexity index is 4700. The molecule has 1 saturated carbocycles. The molecule has 0 bridgehead atoms. The second kappa shape index (κ2) is 32.7. The summed E-state index contributed by atoms with van der Waals surface area (Å²) in [6.07, 6.45) is 3.57. The number of aliphatic hydroxyl groups is 1. The monoisotopic (exact) mass is 1480 g/mol. The van der Waals surface area contributed by atoms with Gasteiger partial charge in [0.25, 0.3) is 11.8 Å². The molecule has 6 aliphatic rings. The number of hydrogen-bond donors (Lipinski definition) is 3. The van der Waals surface area contributed by atoms with Crippen molar-refractivity contribution in [2.45, 2.75) is 162 Å². The fourth-order valence-corrected chi connectivity index (χ4v) is 15.4. The summed E-state index contributed by atoms with van der Waals surface area (Å²) >= 11 is 0. The van der Waals surface area contributed by atoms with E-state index in [-0.39, 0.29) is 147 Å². The molecule has 25 heteroatoms. The summed E-state index contributed by atoms with van der Waals surface area (Å²) in [4.78, 5) is 130. The molecule has 3 N–H and O–H groups in total. The normalized spacial score (nSPS) is 17.7. The number of anilines is 2. The number of fused-ring (bicyclic) bond motifs is 9. The average Bonchev–Trinajstić information content (AvgIpc) is 1.82. The number of amides is 6. The first-order chi connectivity index (χ1) is 52.5. The Morgan fingerprint density at radius 1 is 0.688 bits per heavy atom. The van der Waals surface area contributed by atoms with Gasteiger partial charge in [-0.3, -0.25) is 38.4 Å². The van der Waals surface area contributed by atoms with Gasteiger partial charge in [-0.25, -0.2) is 14.4 Å². The average molecular weight is 1480 g/mol. The van der Waals surface area contributed by atoms with Crippen LogP contribution >= 0.6 is 0 Å². The number of carbonyl (C=O) groups is 9. The van der Waals surface area contributed by atoms with Gasteiger partial charge < -0.3 is 58.9 Å².